The second kappa shape index (κ2) is 8.89. The molecule has 1 aliphatic rings. The van der Waals surface area contributed by atoms with Crippen molar-refractivity contribution in [1.82, 2.24) is 0 Å². The van der Waals surface area contributed by atoms with E-state index in [0.717, 1.165) is 4.48 Å². The molecule has 0 aromatic heterocycles. The highest BCUT2D eigenvalue weighted by Gasteiger charge is 2.36. The van der Waals surface area contributed by atoms with Crippen molar-refractivity contribution < 1.29 is 4.48 Å². The van der Waals surface area contributed by atoms with Gasteiger partial charge >= 0.3 is 0 Å². The van der Waals surface area contributed by atoms with E-state index in [2.05, 4.69) is 125 Å². The highest BCUT2D eigenvalue weighted by atomic mass is 15.3. The highest BCUT2D eigenvalue weighted by Crippen LogP contribution is 2.37. The predicted molar refractivity (Wildman–Crippen MR) is 146 cm³/mol. The van der Waals surface area contributed by atoms with Crippen LogP contribution in [0.1, 0.15) is 30.9 Å². The number of hydrogen-bond acceptors (Lipinski definition) is 0. The number of likely N-dealkylation sites (tertiary alicyclic amines) is 1. The first kappa shape index (κ1) is 22.6. The molecular formula is C33H36N+. The molecule has 0 bridgehead atoms. The molecular weight excluding hydrogens is 410 g/mol. The summed E-state index contributed by atoms with van der Waals surface area (Å²) in [5.74, 6) is 0. The van der Waals surface area contributed by atoms with E-state index >= 15 is 0 Å². The van der Waals surface area contributed by atoms with Crippen LogP contribution < -0.4 is 0 Å². The van der Waals surface area contributed by atoms with Gasteiger partial charge in [-0.3, -0.25) is 0 Å². The third-order valence-electron chi connectivity index (χ3n) is 7.94. The summed E-state index contributed by atoms with van der Waals surface area (Å²) in [4.78, 5) is 0. The lowest BCUT2D eigenvalue weighted by Gasteiger charge is -2.43. The summed E-state index contributed by atoms with van der Waals surface area (Å²) >= 11 is 0. The van der Waals surface area contributed by atoms with E-state index in [-0.39, 0.29) is 0 Å². The summed E-state index contributed by atoms with van der Waals surface area (Å²) in [7, 11) is 4.70. The molecule has 0 aliphatic carbocycles. The Morgan fingerprint density at radius 1 is 0.500 bits per heavy atom. The Labute approximate surface area is 205 Å². The average molecular weight is 447 g/mol. The standard InChI is InChI=1S/C33H36N/c1-25-5-7-26(8-6-25)27-9-11-28(12-10-27)29-13-15-30(16-14-29)31-17-19-32(20-18-31)33(2)21-23-34(3,4)24-22-33/h5-20H,21-24H2,1-4H3/q+1. The van der Waals surface area contributed by atoms with Gasteiger partial charge in [0.15, 0.2) is 0 Å². The number of rotatable bonds is 4. The molecule has 1 fully saturated rings. The van der Waals surface area contributed by atoms with Crippen LogP contribution in [0.5, 0.6) is 0 Å². The Morgan fingerprint density at radius 2 is 0.794 bits per heavy atom. The Morgan fingerprint density at radius 3 is 1.15 bits per heavy atom. The third kappa shape index (κ3) is 4.72. The van der Waals surface area contributed by atoms with Crippen molar-refractivity contribution in [2.75, 3.05) is 27.2 Å². The van der Waals surface area contributed by atoms with Crippen molar-refractivity contribution in [3.05, 3.63) is 108 Å². The van der Waals surface area contributed by atoms with Gasteiger partial charge in [0, 0.05) is 18.3 Å². The van der Waals surface area contributed by atoms with Crippen LogP contribution in [-0.4, -0.2) is 31.7 Å². The Kier molecular flexibility index (Phi) is 5.91. The van der Waals surface area contributed by atoms with E-state index in [1.165, 1.54) is 70.4 Å². The van der Waals surface area contributed by atoms with Crippen LogP contribution in [0.2, 0.25) is 0 Å². The lowest BCUT2D eigenvalue weighted by Crippen LogP contribution is -2.50. The second-order valence-corrected chi connectivity index (χ2v) is 11.0. The maximum absolute atomic E-state index is 2.44. The van der Waals surface area contributed by atoms with Gasteiger partial charge in [0.05, 0.1) is 27.2 Å². The molecule has 0 spiro atoms. The summed E-state index contributed by atoms with van der Waals surface area (Å²) < 4.78 is 1.15. The largest absolute Gasteiger partial charge is 0.328 e. The van der Waals surface area contributed by atoms with Crippen molar-refractivity contribution in [3.63, 3.8) is 0 Å². The quantitative estimate of drug-likeness (QED) is 0.278. The number of quaternary nitrogens is 1. The Bertz CT molecular complexity index is 1230. The van der Waals surface area contributed by atoms with Crippen LogP contribution >= 0.6 is 0 Å². The molecule has 0 radical (unpaired) electrons. The maximum atomic E-state index is 2.44. The van der Waals surface area contributed by atoms with Crippen LogP contribution in [0.4, 0.5) is 0 Å². The van der Waals surface area contributed by atoms with Crippen LogP contribution in [0.15, 0.2) is 97.1 Å². The number of aryl methyl sites for hydroxylation is 1. The SMILES string of the molecule is Cc1ccc(-c2ccc(-c3ccc(-c4ccc(C5(C)CC[N+](C)(C)CC5)cc4)cc3)cc2)cc1. The van der Waals surface area contributed by atoms with E-state index in [0.29, 0.717) is 5.41 Å². The first-order valence-electron chi connectivity index (χ1n) is 12.5. The van der Waals surface area contributed by atoms with Gasteiger partial charge < -0.3 is 4.48 Å². The summed E-state index contributed by atoms with van der Waals surface area (Å²) in [5, 5.41) is 0. The number of hydrogen-bond donors (Lipinski definition) is 0. The minimum absolute atomic E-state index is 0.306. The first-order chi connectivity index (χ1) is 16.3. The molecule has 34 heavy (non-hydrogen) atoms. The Hall–Kier alpha value is -3.16. The van der Waals surface area contributed by atoms with E-state index in [4.69, 9.17) is 0 Å². The fraction of sp³-hybridized carbons (Fsp3) is 0.273. The van der Waals surface area contributed by atoms with Crippen LogP contribution in [0.3, 0.4) is 0 Å². The van der Waals surface area contributed by atoms with E-state index in [1.54, 1.807) is 0 Å². The summed E-state index contributed by atoms with van der Waals surface area (Å²) in [6.45, 7) is 7.08. The minimum atomic E-state index is 0.306. The first-order valence-corrected chi connectivity index (χ1v) is 12.5. The Balaban J connectivity index is 1.30. The second-order valence-electron chi connectivity index (χ2n) is 11.0. The molecule has 1 saturated heterocycles. The van der Waals surface area contributed by atoms with Crippen LogP contribution in [0, 0.1) is 6.92 Å². The summed E-state index contributed by atoms with van der Waals surface area (Å²) in [6.07, 6.45) is 2.52. The average Bonchev–Trinajstić information content (AvgIpc) is 2.87. The lowest BCUT2D eigenvalue weighted by atomic mass is 9.74. The molecule has 1 heteroatoms. The number of piperidine rings is 1. The van der Waals surface area contributed by atoms with Gasteiger partial charge in [0.2, 0.25) is 0 Å². The van der Waals surface area contributed by atoms with E-state index in [1.807, 2.05) is 0 Å². The molecule has 0 unspecified atom stereocenters. The molecule has 1 heterocycles. The molecule has 0 N–H and O–H groups in total. The zero-order valence-corrected chi connectivity index (χ0v) is 21.0. The fourth-order valence-corrected chi connectivity index (χ4v) is 5.15. The maximum Gasteiger partial charge on any atom is 0.0791 e. The van der Waals surface area contributed by atoms with Gasteiger partial charge in [-0.05, 0) is 45.9 Å². The molecule has 1 nitrogen and oxygen atoms in total. The van der Waals surface area contributed by atoms with Crippen molar-refractivity contribution in [2.45, 2.75) is 32.1 Å². The predicted octanol–water partition coefficient (Wildman–Crippen LogP) is 8.12. The normalized spacial score (nSPS) is 16.8. The summed E-state index contributed by atoms with van der Waals surface area (Å²) in [6, 6.07) is 35.9. The van der Waals surface area contributed by atoms with Crippen molar-refractivity contribution >= 4 is 0 Å². The fourth-order valence-electron chi connectivity index (χ4n) is 5.15. The molecule has 0 amide bonds. The van der Waals surface area contributed by atoms with Gasteiger partial charge in [-0.1, -0.05) is 110 Å². The minimum Gasteiger partial charge on any atom is -0.328 e. The van der Waals surface area contributed by atoms with Crippen molar-refractivity contribution in [2.24, 2.45) is 0 Å². The third-order valence-corrected chi connectivity index (χ3v) is 7.94. The highest BCUT2D eigenvalue weighted by molar-refractivity contribution is 5.73. The number of nitrogens with zero attached hydrogens (tertiary/aromatic N) is 1. The molecule has 172 valence electrons. The van der Waals surface area contributed by atoms with Gasteiger partial charge in [-0.2, -0.15) is 0 Å². The number of benzene rings is 4. The topological polar surface area (TPSA) is 0 Å². The van der Waals surface area contributed by atoms with Gasteiger partial charge in [0.1, 0.15) is 0 Å². The lowest BCUT2D eigenvalue weighted by molar-refractivity contribution is -0.896. The molecule has 0 saturated carbocycles. The molecule has 4 aromatic carbocycles. The van der Waals surface area contributed by atoms with E-state index in [9.17, 15) is 0 Å². The van der Waals surface area contributed by atoms with Crippen molar-refractivity contribution in [1.29, 1.82) is 0 Å². The van der Waals surface area contributed by atoms with Gasteiger partial charge in [-0.25, -0.2) is 0 Å². The van der Waals surface area contributed by atoms with Crippen LogP contribution in [0.25, 0.3) is 33.4 Å². The molecule has 0 atom stereocenters. The smallest absolute Gasteiger partial charge is 0.0791 e. The van der Waals surface area contributed by atoms with Crippen molar-refractivity contribution in [3.8, 4) is 33.4 Å². The van der Waals surface area contributed by atoms with Gasteiger partial charge in [-0.15, -0.1) is 0 Å². The van der Waals surface area contributed by atoms with Crippen LogP contribution in [-0.2, 0) is 5.41 Å². The monoisotopic (exact) mass is 446 g/mol. The molecule has 4 aromatic rings. The summed E-state index contributed by atoms with van der Waals surface area (Å²) in [5.41, 5.74) is 10.7. The van der Waals surface area contributed by atoms with Gasteiger partial charge in [0.25, 0.3) is 0 Å². The molecule has 5 rings (SSSR count). The molecule has 1 aliphatic heterocycles. The zero-order chi connectivity index (χ0) is 23.8. The zero-order valence-electron chi connectivity index (χ0n) is 21.0. The van der Waals surface area contributed by atoms with E-state index < -0.39 is 0 Å².